The predicted octanol–water partition coefficient (Wildman–Crippen LogP) is 0.348. The fourth-order valence-electron chi connectivity index (χ4n) is 1.04. The summed E-state index contributed by atoms with van der Waals surface area (Å²) in [6.07, 6.45) is 0. The molecule has 0 fully saturated rings. The van der Waals surface area contributed by atoms with Gasteiger partial charge in [0.15, 0.2) is 19.8 Å². The summed E-state index contributed by atoms with van der Waals surface area (Å²) in [5, 5.41) is 11.3. The van der Waals surface area contributed by atoms with Gasteiger partial charge >= 0.3 is 23.4 Å². The second-order valence-electron chi connectivity index (χ2n) is 3.86. The molecule has 0 heterocycles. The van der Waals surface area contributed by atoms with Gasteiger partial charge in [0.2, 0.25) is 0 Å². The van der Waals surface area contributed by atoms with Crippen molar-refractivity contribution in [3.05, 3.63) is 10.1 Å². The van der Waals surface area contributed by atoms with Crippen molar-refractivity contribution in [1.29, 1.82) is 0 Å². The zero-order chi connectivity index (χ0) is 17.2. The van der Waals surface area contributed by atoms with Crippen LogP contribution in [0.25, 0.3) is 0 Å². The first-order chi connectivity index (χ1) is 10.3. The van der Waals surface area contributed by atoms with Crippen LogP contribution in [0.5, 0.6) is 0 Å². The molecule has 0 unspecified atom stereocenters. The number of nitro groups is 1. The van der Waals surface area contributed by atoms with Gasteiger partial charge in [0, 0.05) is 4.92 Å². The minimum atomic E-state index is -2.19. The second kappa shape index (κ2) is 10.4. The lowest BCUT2D eigenvalue weighted by Crippen LogP contribution is -2.52. The maximum Gasteiger partial charge on any atom is 0.321 e. The molecule has 0 spiro atoms. The number of hydrogen-bond donors (Lipinski definition) is 0. The summed E-state index contributed by atoms with van der Waals surface area (Å²) in [6, 6.07) is 0. The predicted molar refractivity (Wildman–Crippen MR) is 74.8 cm³/mol. The lowest BCUT2D eigenvalue weighted by atomic mass is 10.0. The Morgan fingerprint density at radius 2 is 1.09 bits per heavy atom. The van der Waals surface area contributed by atoms with E-state index < -0.39 is 65.8 Å². The molecule has 9 nitrogen and oxygen atoms in total. The van der Waals surface area contributed by atoms with Crippen LogP contribution in [0.3, 0.4) is 0 Å². The molecule has 0 N–H and O–H groups in total. The second-order valence-corrected chi connectivity index (χ2v) is 4.67. The minimum Gasteiger partial charge on any atom is -0.457 e. The van der Waals surface area contributed by atoms with Gasteiger partial charge in [-0.2, -0.15) is 0 Å². The number of hydrogen-bond acceptors (Lipinski definition) is 8. The number of halogens is 3. The quantitative estimate of drug-likeness (QED) is 0.175. The Kier molecular flexibility index (Phi) is 9.79. The summed E-state index contributed by atoms with van der Waals surface area (Å²) in [5.74, 6) is -4.38. The van der Waals surface area contributed by atoms with Gasteiger partial charge in [-0.15, -0.1) is 34.8 Å². The van der Waals surface area contributed by atoms with E-state index in [1.807, 2.05) is 0 Å². The van der Waals surface area contributed by atoms with Crippen LogP contribution in [-0.2, 0) is 28.6 Å². The summed E-state index contributed by atoms with van der Waals surface area (Å²) in [7, 11) is 0. The zero-order valence-electron chi connectivity index (χ0n) is 11.1. The maximum absolute atomic E-state index is 11.3. The summed E-state index contributed by atoms with van der Waals surface area (Å²) in [4.78, 5) is 43.5. The van der Waals surface area contributed by atoms with Crippen molar-refractivity contribution in [2.24, 2.45) is 0 Å². The van der Waals surface area contributed by atoms with Crippen molar-refractivity contribution >= 4 is 52.7 Å². The highest BCUT2D eigenvalue weighted by Gasteiger charge is 2.48. The van der Waals surface area contributed by atoms with Gasteiger partial charge in [0.1, 0.15) is 17.6 Å². The van der Waals surface area contributed by atoms with E-state index >= 15 is 0 Å². The molecule has 0 bridgehead atoms. The number of alkyl halides is 3. The molecular formula is C10H12Cl3NO8. The topological polar surface area (TPSA) is 122 Å². The highest BCUT2D eigenvalue weighted by Crippen LogP contribution is 2.14. The van der Waals surface area contributed by atoms with Crippen LogP contribution in [0.4, 0.5) is 0 Å². The SMILES string of the molecule is O=C(CCl)OCC(COC(=O)CCl)(COC(=O)CCl)[N+](=O)[O-]. The Morgan fingerprint density at radius 3 is 1.27 bits per heavy atom. The summed E-state index contributed by atoms with van der Waals surface area (Å²) in [6.45, 7) is -2.47. The average molecular weight is 381 g/mol. The first kappa shape index (κ1) is 20.7. The molecule has 0 saturated heterocycles. The van der Waals surface area contributed by atoms with Crippen LogP contribution in [-0.4, -0.2) is 65.8 Å². The van der Waals surface area contributed by atoms with Crippen LogP contribution in [0.15, 0.2) is 0 Å². The lowest BCUT2D eigenvalue weighted by molar-refractivity contribution is -0.579. The number of carbonyl (C=O) groups excluding carboxylic acids is 3. The van der Waals surface area contributed by atoms with Gasteiger partial charge in [0.25, 0.3) is 0 Å². The van der Waals surface area contributed by atoms with E-state index in [0.29, 0.717) is 0 Å². The van der Waals surface area contributed by atoms with E-state index in [-0.39, 0.29) is 0 Å². The first-order valence-electron chi connectivity index (χ1n) is 5.60. The lowest BCUT2D eigenvalue weighted by Gasteiger charge is -2.23. The van der Waals surface area contributed by atoms with Crippen LogP contribution in [0, 0.1) is 10.1 Å². The van der Waals surface area contributed by atoms with Crippen LogP contribution < -0.4 is 0 Å². The largest absolute Gasteiger partial charge is 0.457 e. The number of ether oxygens (including phenoxy) is 3. The third-order valence-corrected chi connectivity index (χ3v) is 2.87. The van der Waals surface area contributed by atoms with Gasteiger partial charge in [-0.05, 0) is 0 Å². The Bertz CT molecular complexity index is 380. The molecule has 0 aromatic heterocycles. The van der Waals surface area contributed by atoms with E-state index in [4.69, 9.17) is 34.8 Å². The van der Waals surface area contributed by atoms with Crippen molar-refractivity contribution in [2.45, 2.75) is 5.54 Å². The maximum atomic E-state index is 11.3. The van der Waals surface area contributed by atoms with Gasteiger partial charge < -0.3 is 14.2 Å². The average Bonchev–Trinajstić information content (AvgIpc) is 2.52. The molecule has 0 aromatic rings. The van der Waals surface area contributed by atoms with E-state index in [2.05, 4.69) is 14.2 Å². The summed E-state index contributed by atoms with van der Waals surface area (Å²) in [5.41, 5.74) is -2.19. The Balaban J connectivity index is 5.07. The molecule has 22 heavy (non-hydrogen) atoms. The Labute approximate surface area is 139 Å². The molecule has 0 atom stereocenters. The van der Waals surface area contributed by atoms with Crippen molar-refractivity contribution in [3.63, 3.8) is 0 Å². The molecule has 0 rings (SSSR count). The molecule has 126 valence electrons. The van der Waals surface area contributed by atoms with Gasteiger partial charge in [-0.1, -0.05) is 0 Å². The molecule has 0 radical (unpaired) electrons. The third kappa shape index (κ3) is 7.10. The fraction of sp³-hybridized carbons (Fsp3) is 0.700. The van der Waals surface area contributed by atoms with E-state index in [1.54, 1.807) is 0 Å². The van der Waals surface area contributed by atoms with Crippen molar-refractivity contribution in [1.82, 2.24) is 0 Å². The Morgan fingerprint density at radius 1 is 0.818 bits per heavy atom. The smallest absolute Gasteiger partial charge is 0.321 e. The minimum absolute atomic E-state index is 0.531. The highest BCUT2D eigenvalue weighted by atomic mass is 35.5. The van der Waals surface area contributed by atoms with Gasteiger partial charge in [0.05, 0.1) is 0 Å². The van der Waals surface area contributed by atoms with E-state index in [9.17, 15) is 24.5 Å². The van der Waals surface area contributed by atoms with Crippen molar-refractivity contribution < 1.29 is 33.5 Å². The summed E-state index contributed by atoms with van der Waals surface area (Å²) < 4.78 is 13.8. The van der Waals surface area contributed by atoms with Crippen LogP contribution >= 0.6 is 34.8 Å². The fourth-order valence-corrected chi connectivity index (χ4v) is 1.27. The standard InChI is InChI=1S/C10H12Cl3NO8/c11-1-7(15)20-4-10(14(18)19,5-21-8(16)2-12)6-22-9(17)3-13/h1-6H2. The molecular weight excluding hydrogens is 368 g/mol. The highest BCUT2D eigenvalue weighted by molar-refractivity contribution is 6.27. The number of carbonyl (C=O) groups is 3. The van der Waals surface area contributed by atoms with Crippen molar-refractivity contribution in [2.75, 3.05) is 37.5 Å². The van der Waals surface area contributed by atoms with E-state index in [1.165, 1.54) is 0 Å². The van der Waals surface area contributed by atoms with Crippen LogP contribution in [0.2, 0.25) is 0 Å². The molecule has 0 amide bonds. The van der Waals surface area contributed by atoms with Gasteiger partial charge in [-0.3, -0.25) is 24.5 Å². The van der Waals surface area contributed by atoms with Crippen LogP contribution in [0.1, 0.15) is 0 Å². The van der Waals surface area contributed by atoms with Crippen molar-refractivity contribution in [3.8, 4) is 0 Å². The molecule has 0 saturated carbocycles. The first-order valence-corrected chi connectivity index (χ1v) is 7.21. The zero-order valence-corrected chi connectivity index (χ0v) is 13.4. The molecule has 0 aliphatic rings. The normalized spacial score (nSPS) is 10.7. The molecule has 0 aliphatic carbocycles. The Hall–Kier alpha value is -1.32. The number of nitrogens with zero attached hydrogens (tertiary/aromatic N) is 1. The molecule has 0 aliphatic heterocycles. The molecule has 0 aromatic carbocycles. The molecule has 12 heteroatoms. The van der Waals surface area contributed by atoms with E-state index in [0.717, 1.165) is 0 Å². The third-order valence-electron chi connectivity index (χ3n) is 2.22. The summed E-state index contributed by atoms with van der Waals surface area (Å²) >= 11 is 15.6. The monoisotopic (exact) mass is 379 g/mol. The number of esters is 3. The van der Waals surface area contributed by atoms with Gasteiger partial charge in [-0.25, -0.2) is 0 Å². The number of rotatable bonds is 10.